The number of morpholine rings is 1. The van der Waals surface area contributed by atoms with Crippen molar-refractivity contribution in [2.24, 2.45) is 0 Å². The Balaban J connectivity index is 1.43. The molecule has 2 aliphatic rings. The first kappa shape index (κ1) is 17.0. The van der Waals surface area contributed by atoms with Gasteiger partial charge in [0.1, 0.15) is 11.9 Å². The molecule has 2 fully saturated rings. The molecule has 138 valence electrons. The van der Waals surface area contributed by atoms with Gasteiger partial charge in [0.15, 0.2) is 5.82 Å². The van der Waals surface area contributed by atoms with Gasteiger partial charge in [0, 0.05) is 31.9 Å². The summed E-state index contributed by atoms with van der Waals surface area (Å²) >= 11 is 0. The maximum Gasteiger partial charge on any atom is 0.257 e. The molecule has 0 N–H and O–H groups in total. The van der Waals surface area contributed by atoms with Gasteiger partial charge in [0.2, 0.25) is 5.89 Å². The molecule has 2 saturated heterocycles. The van der Waals surface area contributed by atoms with Crippen molar-refractivity contribution in [2.75, 3.05) is 32.8 Å². The van der Waals surface area contributed by atoms with E-state index in [1.54, 1.807) is 13.1 Å². The van der Waals surface area contributed by atoms with E-state index in [0.717, 1.165) is 12.2 Å². The van der Waals surface area contributed by atoms with E-state index < -0.39 is 0 Å². The van der Waals surface area contributed by atoms with Gasteiger partial charge in [-0.2, -0.15) is 4.98 Å². The largest absolute Gasteiger partial charge is 0.378 e. The summed E-state index contributed by atoms with van der Waals surface area (Å²) in [5.41, 5.74) is 1.29. The summed E-state index contributed by atoms with van der Waals surface area (Å²) in [6.45, 7) is 8.76. The summed E-state index contributed by atoms with van der Waals surface area (Å²) in [7, 11) is 0. The van der Waals surface area contributed by atoms with Crippen molar-refractivity contribution in [3.63, 3.8) is 0 Å². The van der Waals surface area contributed by atoms with Crippen LogP contribution in [0.3, 0.4) is 0 Å². The number of hydrogen-bond donors (Lipinski definition) is 0. The van der Waals surface area contributed by atoms with Crippen LogP contribution < -0.4 is 0 Å². The van der Waals surface area contributed by atoms with Crippen LogP contribution in [0.15, 0.2) is 10.7 Å². The molecular weight excluding hydrogens is 336 g/mol. The third kappa shape index (κ3) is 3.08. The van der Waals surface area contributed by atoms with Gasteiger partial charge in [-0.05, 0) is 20.8 Å². The fourth-order valence-corrected chi connectivity index (χ4v) is 3.51. The molecule has 1 unspecified atom stereocenters. The first-order chi connectivity index (χ1) is 12.5. The monoisotopic (exact) mass is 358 g/mol. The van der Waals surface area contributed by atoms with E-state index in [-0.39, 0.29) is 18.0 Å². The summed E-state index contributed by atoms with van der Waals surface area (Å²) in [6, 6.07) is 0.198. The van der Waals surface area contributed by atoms with E-state index in [0.29, 0.717) is 49.4 Å². The second kappa shape index (κ2) is 6.73. The molecule has 0 saturated carbocycles. The molecule has 4 heterocycles. The van der Waals surface area contributed by atoms with Gasteiger partial charge >= 0.3 is 0 Å². The van der Waals surface area contributed by atoms with Gasteiger partial charge in [-0.3, -0.25) is 9.69 Å². The van der Waals surface area contributed by atoms with Crippen LogP contribution in [0.2, 0.25) is 0 Å². The number of ether oxygens (including phenoxy) is 1. The SMILES string of the molecule is Cc1noc(C2COCCN2C2CN(C(=O)c3cnc(C)nc3C)C2)n1. The Morgan fingerprint density at radius 3 is 2.69 bits per heavy atom. The Morgan fingerprint density at radius 1 is 1.19 bits per heavy atom. The zero-order chi connectivity index (χ0) is 18.3. The van der Waals surface area contributed by atoms with Gasteiger partial charge in [0.05, 0.1) is 24.5 Å². The lowest BCUT2D eigenvalue weighted by molar-refractivity contribution is -0.0713. The van der Waals surface area contributed by atoms with Crippen LogP contribution in [0.5, 0.6) is 0 Å². The fourth-order valence-electron chi connectivity index (χ4n) is 3.51. The van der Waals surface area contributed by atoms with E-state index in [4.69, 9.17) is 9.26 Å². The standard InChI is InChI=1S/C17H22N6O3/c1-10-14(6-18-11(2)19-10)17(24)22-7-13(8-22)23-4-5-25-9-15(23)16-20-12(3)21-26-16/h6,13,15H,4-5,7-9H2,1-3H3. The van der Waals surface area contributed by atoms with E-state index >= 15 is 0 Å². The van der Waals surface area contributed by atoms with Crippen LogP contribution in [0, 0.1) is 20.8 Å². The van der Waals surface area contributed by atoms with Crippen LogP contribution in [-0.2, 0) is 4.74 Å². The average Bonchev–Trinajstić information content (AvgIpc) is 3.00. The Hall–Kier alpha value is -2.39. The molecule has 1 atom stereocenters. The number of hydrogen-bond acceptors (Lipinski definition) is 8. The lowest BCUT2D eigenvalue weighted by atomic mass is 10.0. The highest BCUT2D eigenvalue weighted by Crippen LogP contribution is 2.29. The molecule has 2 aliphatic heterocycles. The van der Waals surface area contributed by atoms with Crippen molar-refractivity contribution in [3.05, 3.63) is 35.0 Å². The summed E-state index contributed by atoms with van der Waals surface area (Å²) in [5.74, 6) is 1.85. The van der Waals surface area contributed by atoms with Gasteiger partial charge in [-0.25, -0.2) is 9.97 Å². The minimum atomic E-state index is -0.0587. The second-order valence-electron chi connectivity index (χ2n) is 6.79. The molecule has 26 heavy (non-hydrogen) atoms. The highest BCUT2D eigenvalue weighted by atomic mass is 16.5. The number of likely N-dealkylation sites (tertiary alicyclic amines) is 1. The number of amides is 1. The molecule has 0 aromatic carbocycles. The Labute approximate surface area is 151 Å². The molecular formula is C17H22N6O3. The van der Waals surface area contributed by atoms with E-state index in [9.17, 15) is 4.79 Å². The smallest absolute Gasteiger partial charge is 0.257 e. The number of aromatic nitrogens is 4. The molecule has 4 rings (SSSR count). The third-order valence-electron chi connectivity index (χ3n) is 4.95. The van der Waals surface area contributed by atoms with E-state index in [1.807, 2.05) is 18.7 Å². The molecule has 0 radical (unpaired) electrons. The number of aryl methyl sites for hydroxylation is 3. The molecule has 0 spiro atoms. The Morgan fingerprint density at radius 2 is 2.00 bits per heavy atom. The fraction of sp³-hybridized carbons (Fsp3) is 0.588. The molecule has 2 aromatic rings. The first-order valence-corrected chi connectivity index (χ1v) is 8.76. The quantitative estimate of drug-likeness (QED) is 0.790. The van der Waals surface area contributed by atoms with Crippen molar-refractivity contribution in [1.82, 2.24) is 29.9 Å². The summed E-state index contributed by atoms with van der Waals surface area (Å²) in [4.78, 5) is 29.6. The van der Waals surface area contributed by atoms with Crippen molar-refractivity contribution in [2.45, 2.75) is 32.9 Å². The minimum Gasteiger partial charge on any atom is -0.378 e. The maximum absolute atomic E-state index is 12.7. The van der Waals surface area contributed by atoms with E-state index in [1.165, 1.54) is 0 Å². The molecule has 0 bridgehead atoms. The molecule has 2 aromatic heterocycles. The number of nitrogens with zero attached hydrogens (tertiary/aromatic N) is 6. The molecule has 1 amide bonds. The summed E-state index contributed by atoms with van der Waals surface area (Å²) in [5, 5.41) is 3.88. The van der Waals surface area contributed by atoms with Crippen LogP contribution >= 0.6 is 0 Å². The maximum atomic E-state index is 12.7. The van der Waals surface area contributed by atoms with Crippen LogP contribution in [0.1, 0.15) is 39.6 Å². The van der Waals surface area contributed by atoms with Crippen molar-refractivity contribution >= 4 is 5.91 Å². The van der Waals surface area contributed by atoms with Crippen LogP contribution in [-0.4, -0.2) is 74.7 Å². The van der Waals surface area contributed by atoms with Crippen LogP contribution in [0.4, 0.5) is 0 Å². The zero-order valence-corrected chi connectivity index (χ0v) is 15.2. The summed E-state index contributed by atoms with van der Waals surface area (Å²) in [6.07, 6.45) is 1.62. The molecule has 0 aliphatic carbocycles. The zero-order valence-electron chi connectivity index (χ0n) is 15.2. The van der Waals surface area contributed by atoms with Gasteiger partial charge in [-0.1, -0.05) is 5.16 Å². The molecule has 9 heteroatoms. The van der Waals surface area contributed by atoms with Crippen molar-refractivity contribution < 1.29 is 14.1 Å². The predicted molar refractivity (Wildman–Crippen MR) is 90.5 cm³/mol. The predicted octanol–water partition coefficient (Wildman–Crippen LogP) is 0.683. The minimum absolute atomic E-state index is 0.0165. The lowest BCUT2D eigenvalue weighted by Crippen LogP contribution is -2.63. The Kier molecular flexibility index (Phi) is 4.41. The number of carbonyl (C=O) groups excluding carboxylic acids is 1. The highest BCUT2D eigenvalue weighted by molar-refractivity contribution is 5.95. The van der Waals surface area contributed by atoms with Crippen LogP contribution in [0.25, 0.3) is 0 Å². The van der Waals surface area contributed by atoms with Crippen molar-refractivity contribution in [1.29, 1.82) is 0 Å². The lowest BCUT2D eigenvalue weighted by Gasteiger charge is -2.48. The molecule has 9 nitrogen and oxygen atoms in total. The normalized spacial score (nSPS) is 21.7. The average molecular weight is 358 g/mol. The van der Waals surface area contributed by atoms with Crippen molar-refractivity contribution in [3.8, 4) is 0 Å². The second-order valence-corrected chi connectivity index (χ2v) is 6.79. The first-order valence-electron chi connectivity index (χ1n) is 8.76. The van der Waals surface area contributed by atoms with E-state index in [2.05, 4.69) is 25.0 Å². The summed E-state index contributed by atoms with van der Waals surface area (Å²) < 4.78 is 10.9. The van der Waals surface area contributed by atoms with Gasteiger partial charge in [0.25, 0.3) is 5.91 Å². The third-order valence-corrected chi connectivity index (χ3v) is 4.95. The number of carbonyl (C=O) groups is 1. The van der Waals surface area contributed by atoms with Gasteiger partial charge in [-0.15, -0.1) is 0 Å². The number of rotatable bonds is 3. The van der Waals surface area contributed by atoms with Gasteiger partial charge < -0.3 is 14.2 Å². The highest BCUT2D eigenvalue weighted by Gasteiger charge is 2.41. The Bertz CT molecular complexity index is 817. The topological polar surface area (TPSA) is 97.5 Å².